The molecule has 1 aromatic rings. The van der Waals surface area contributed by atoms with Crippen molar-refractivity contribution in [1.82, 2.24) is 5.32 Å². The van der Waals surface area contributed by atoms with E-state index in [0.29, 0.717) is 11.5 Å². The van der Waals surface area contributed by atoms with Crippen LogP contribution in [-0.2, 0) is 0 Å². The molecule has 0 bridgehead atoms. The van der Waals surface area contributed by atoms with Crippen molar-refractivity contribution in [3.8, 4) is 0 Å². The number of hydrogen-bond acceptors (Lipinski definition) is 2. The highest BCUT2D eigenvalue weighted by Gasteiger charge is 2.18. The lowest BCUT2D eigenvalue weighted by Crippen LogP contribution is -2.38. The Labute approximate surface area is 104 Å². The SMILES string of the molecule is CC(NCCSc1ccccc1)C(C)(C)C. The number of rotatable bonds is 5. The average Bonchev–Trinajstić information content (AvgIpc) is 2.24. The van der Waals surface area contributed by atoms with Crippen LogP contribution in [0.25, 0.3) is 0 Å². The summed E-state index contributed by atoms with van der Waals surface area (Å²) in [6.45, 7) is 10.1. The molecule has 0 amide bonds. The summed E-state index contributed by atoms with van der Waals surface area (Å²) in [5.41, 5.74) is 0.345. The first kappa shape index (κ1) is 13.6. The van der Waals surface area contributed by atoms with Gasteiger partial charge >= 0.3 is 0 Å². The Morgan fingerprint density at radius 2 is 1.81 bits per heavy atom. The Morgan fingerprint density at radius 3 is 2.38 bits per heavy atom. The molecular weight excluding hydrogens is 214 g/mol. The van der Waals surface area contributed by atoms with Gasteiger partial charge in [-0.3, -0.25) is 0 Å². The van der Waals surface area contributed by atoms with Crippen LogP contribution in [0.2, 0.25) is 0 Å². The van der Waals surface area contributed by atoms with Gasteiger partial charge in [-0.05, 0) is 24.5 Å². The highest BCUT2D eigenvalue weighted by molar-refractivity contribution is 7.99. The van der Waals surface area contributed by atoms with Gasteiger partial charge in [0.15, 0.2) is 0 Å². The third-order valence-electron chi connectivity index (χ3n) is 2.86. The monoisotopic (exact) mass is 237 g/mol. The van der Waals surface area contributed by atoms with Gasteiger partial charge in [-0.2, -0.15) is 0 Å². The topological polar surface area (TPSA) is 12.0 Å². The Bertz CT molecular complexity index is 289. The van der Waals surface area contributed by atoms with Gasteiger partial charge in [0.25, 0.3) is 0 Å². The maximum atomic E-state index is 3.57. The van der Waals surface area contributed by atoms with Gasteiger partial charge in [0.05, 0.1) is 0 Å². The Hall–Kier alpha value is -0.470. The fourth-order valence-electron chi connectivity index (χ4n) is 1.27. The molecule has 0 aliphatic rings. The van der Waals surface area contributed by atoms with Gasteiger partial charge in [-0.25, -0.2) is 0 Å². The van der Waals surface area contributed by atoms with E-state index in [2.05, 4.69) is 63.3 Å². The molecule has 2 heteroatoms. The van der Waals surface area contributed by atoms with Gasteiger partial charge in [0.2, 0.25) is 0 Å². The van der Waals surface area contributed by atoms with Crippen molar-refractivity contribution >= 4 is 11.8 Å². The number of hydrogen-bond donors (Lipinski definition) is 1. The minimum Gasteiger partial charge on any atom is -0.313 e. The molecule has 16 heavy (non-hydrogen) atoms. The molecule has 1 unspecified atom stereocenters. The van der Waals surface area contributed by atoms with Crippen LogP contribution in [0.1, 0.15) is 27.7 Å². The van der Waals surface area contributed by atoms with Crippen molar-refractivity contribution in [2.75, 3.05) is 12.3 Å². The van der Waals surface area contributed by atoms with Crippen LogP contribution in [0.5, 0.6) is 0 Å². The third kappa shape index (κ3) is 5.04. The largest absolute Gasteiger partial charge is 0.313 e. The van der Waals surface area contributed by atoms with Crippen LogP contribution < -0.4 is 5.32 Å². The minimum absolute atomic E-state index is 0.345. The van der Waals surface area contributed by atoms with E-state index in [9.17, 15) is 0 Å². The van der Waals surface area contributed by atoms with Crippen LogP contribution in [0, 0.1) is 5.41 Å². The first-order valence-corrected chi connectivity index (χ1v) is 6.90. The van der Waals surface area contributed by atoms with E-state index >= 15 is 0 Å². The van der Waals surface area contributed by atoms with Crippen LogP contribution in [0.4, 0.5) is 0 Å². The zero-order valence-corrected chi connectivity index (χ0v) is 11.6. The predicted molar refractivity (Wildman–Crippen MR) is 74.1 cm³/mol. The van der Waals surface area contributed by atoms with Crippen LogP contribution in [0.3, 0.4) is 0 Å². The van der Waals surface area contributed by atoms with Gasteiger partial charge in [-0.1, -0.05) is 39.0 Å². The lowest BCUT2D eigenvalue weighted by molar-refractivity contribution is 0.291. The molecule has 1 atom stereocenters. The maximum absolute atomic E-state index is 3.57. The fourth-order valence-corrected chi connectivity index (χ4v) is 2.07. The van der Waals surface area contributed by atoms with Gasteiger partial charge in [0.1, 0.15) is 0 Å². The molecule has 0 aliphatic carbocycles. The normalized spacial score (nSPS) is 13.8. The Morgan fingerprint density at radius 1 is 1.19 bits per heavy atom. The molecule has 1 aromatic carbocycles. The molecular formula is C14H23NS. The van der Waals surface area contributed by atoms with E-state index in [4.69, 9.17) is 0 Å². The third-order valence-corrected chi connectivity index (χ3v) is 3.88. The molecule has 0 aromatic heterocycles. The standard InChI is InChI=1S/C14H23NS/c1-12(14(2,3)4)15-10-11-16-13-8-6-5-7-9-13/h5-9,12,15H,10-11H2,1-4H3. The van der Waals surface area contributed by atoms with Crippen molar-refractivity contribution in [3.05, 3.63) is 30.3 Å². The summed E-state index contributed by atoms with van der Waals surface area (Å²) in [6.07, 6.45) is 0. The number of thioether (sulfide) groups is 1. The van der Waals surface area contributed by atoms with Crippen molar-refractivity contribution in [2.45, 2.75) is 38.6 Å². The molecule has 0 radical (unpaired) electrons. The predicted octanol–water partition coefficient (Wildman–Crippen LogP) is 3.80. The molecule has 1 N–H and O–H groups in total. The van der Waals surface area contributed by atoms with Crippen molar-refractivity contribution < 1.29 is 0 Å². The summed E-state index contributed by atoms with van der Waals surface area (Å²) in [5, 5.41) is 3.57. The van der Waals surface area contributed by atoms with Crippen LogP contribution in [0.15, 0.2) is 35.2 Å². The molecule has 0 aliphatic heterocycles. The smallest absolute Gasteiger partial charge is 0.0106 e. The van der Waals surface area contributed by atoms with Gasteiger partial charge < -0.3 is 5.32 Å². The summed E-state index contributed by atoms with van der Waals surface area (Å²) < 4.78 is 0. The van der Waals surface area contributed by atoms with E-state index in [-0.39, 0.29) is 0 Å². The van der Waals surface area contributed by atoms with Crippen molar-refractivity contribution in [3.63, 3.8) is 0 Å². The molecule has 0 heterocycles. The Balaban J connectivity index is 2.18. The van der Waals surface area contributed by atoms with Crippen molar-refractivity contribution in [1.29, 1.82) is 0 Å². The zero-order valence-electron chi connectivity index (χ0n) is 10.8. The lowest BCUT2D eigenvalue weighted by atomic mass is 9.88. The van der Waals surface area contributed by atoms with E-state index in [0.717, 1.165) is 12.3 Å². The molecule has 0 saturated carbocycles. The maximum Gasteiger partial charge on any atom is 0.0106 e. The molecule has 0 saturated heterocycles. The molecule has 1 nitrogen and oxygen atoms in total. The fraction of sp³-hybridized carbons (Fsp3) is 0.571. The molecule has 1 rings (SSSR count). The molecule has 0 spiro atoms. The van der Waals surface area contributed by atoms with Crippen LogP contribution in [-0.4, -0.2) is 18.3 Å². The van der Waals surface area contributed by atoms with E-state index in [1.807, 2.05) is 11.8 Å². The first-order valence-electron chi connectivity index (χ1n) is 5.91. The Kier molecular flexibility index (Phi) is 5.36. The highest BCUT2D eigenvalue weighted by atomic mass is 32.2. The summed E-state index contributed by atoms with van der Waals surface area (Å²) in [4.78, 5) is 1.35. The second kappa shape index (κ2) is 6.31. The molecule has 0 fully saturated rings. The zero-order chi connectivity index (χ0) is 12.0. The highest BCUT2D eigenvalue weighted by Crippen LogP contribution is 2.19. The van der Waals surface area contributed by atoms with E-state index in [1.165, 1.54) is 4.90 Å². The summed E-state index contributed by atoms with van der Waals surface area (Å²) >= 11 is 1.91. The average molecular weight is 237 g/mol. The summed E-state index contributed by atoms with van der Waals surface area (Å²) in [6, 6.07) is 11.1. The quantitative estimate of drug-likeness (QED) is 0.617. The van der Waals surface area contributed by atoms with Crippen molar-refractivity contribution in [2.24, 2.45) is 5.41 Å². The van der Waals surface area contributed by atoms with Gasteiger partial charge in [0, 0.05) is 23.2 Å². The molecule has 90 valence electrons. The van der Waals surface area contributed by atoms with E-state index in [1.54, 1.807) is 0 Å². The first-order chi connectivity index (χ1) is 7.50. The summed E-state index contributed by atoms with van der Waals surface area (Å²) in [7, 11) is 0. The number of nitrogens with one attached hydrogen (secondary N) is 1. The number of benzene rings is 1. The van der Waals surface area contributed by atoms with E-state index < -0.39 is 0 Å². The van der Waals surface area contributed by atoms with Crippen LogP contribution >= 0.6 is 11.8 Å². The summed E-state index contributed by atoms with van der Waals surface area (Å²) in [5.74, 6) is 1.13. The van der Waals surface area contributed by atoms with Gasteiger partial charge in [-0.15, -0.1) is 11.8 Å². The minimum atomic E-state index is 0.345. The second-order valence-electron chi connectivity index (χ2n) is 5.20. The lowest BCUT2D eigenvalue weighted by Gasteiger charge is -2.28. The second-order valence-corrected chi connectivity index (χ2v) is 6.37.